The summed E-state index contributed by atoms with van der Waals surface area (Å²) in [5.41, 5.74) is 6.64. The number of anilines is 1. The molecule has 154 valence electrons. The predicted octanol–water partition coefficient (Wildman–Crippen LogP) is 1.76. The number of likely N-dealkylation sites (tertiary alicyclic amines) is 1. The molecule has 2 aromatic rings. The molecule has 10 heteroatoms. The van der Waals surface area contributed by atoms with E-state index in [4.69, 9.17) is 10.5 Å². The second-order valence-corrected chi connectivity index (χ2v) is 6.42. The number of hydrogen-bond donors (Lipinski definition) is 3. The summed E-state index contributed by atoms with van der Waals surface area (Å²) >= 11 is 0. The number of nitrogens with one attached hydrogen (secondary N) is 2. The van der Waals surface area contributed by atoms with Crippen LogP contribution in [0.15, 0.2) is 41.8 Å². The molecule has 9 nitrogen and oxygen atoms in total. The van der Waals surface area contributed by atoms with Gasteiger partial charge in [0.1, 0.15) is 17.9 Å². The molecular formula is C19H24FN7O2. The zero-order valence-electron chi connectivity index (χ0n) is 16.1. The Bertz CT molecular complexity index is 940. The van der Waals surface area contributed by atoms with Crippen LogP contribution in [-0.2, 0) is 4.79 Å². The van der Waals surface area contributed by atoms with Crippen LogP contribution in [0.3, 0.4) is 0 Å². The monoisotopic (exact) mass is 401 g/mol. The van der Waals surface area contributed by atoms with Gasteiger partial charge in [-0.2, -0.15) is 9.97 Å². The van der Waals surface area contributed by atoms with Gasteiger partial charge in [0.05, 0.1) is 17.6 Å². The van der Waals surface area contributed by atoms with Crippen LogP contribution < -0.4 is 15.8 Å². The summed E-state index contributed by atoms with van der Waals surface area (Å²) in [5.74, 6) is 0.179. The molecule has 1 aliphatic rings. The fourth-order valence-corrected chi connectivity index (χ4v) is 2.97. The molecule has 3 rings (SSSR count). The maximum Gasteiger partial charge on any atom is 0.246 e. The number of fused-ring (bicyclic) bond motifs is 1. The second kappa shape index (κ2) is 9.18. The Morgan fingerprint density at radius 2 is 2.41 bits per heavy atom. The number of H-pyrrole nitrogens is 1. The first-order chi connectivity index (χ1) is 14.0. The van der Waals surface area contributed by atoms with Gasteiger partial charge < -0.3 is 25.7 Å². The lowest BCUT2D eigenvalue weighted by atomic mass is 10.1. The lowest BCUT2D eigenvalue weighted by molar-refractivity contribution is -0.130. The molecule has 0 aromatic carbocycles. The van der Waals surface area contributed by atoms with Crippen molar-refractivity contribution in [2.45, 2.75) is 25.6 Å². The molecule has 0 radical (unpaired) electrons. The quantitative estimate of drug-likeness (QED) is 0.480. The molecule has 4 N–H and O–H groups in total. The molecule has 0 spiro atoms. The van der Waals surface area contributed by atoms with E-state index in [1.807, 2.05) is 6.92 Å². The number of carbonyl (C=O) groups excluding carboxylic acids is 1. The van der Waals surface area contributed by atoms with Gasteiger partial charge in [-0.25, -0.2) is 4.39 Å². The first-order valence-electron chi connectivity index (χ1n) is 9.31. The third-order valence-electron chi connectivity index (χ3n) is 4.46. The molecule has 1 fully saturated rings. The van der Waals surface area contributed by atoms with Crippen LogP contribution in [0.2, 0.25) is 0 Å². The number of aromatic nitrogens is 3. The number of ether oxygens (including phenoxy) is 1. The van der Waals surface area contributed by atoms with Crippen molar-refractivity contribution in [1.82, 2.24) is 19.9 Å². The normalized spacial score (nSPS) is 20.2. The number of aromatic amines is 1. The maximum absolute atomic E-state index is 14.5. The Kier molecular flexibility index (Phi) is 6.43. The van der Waals surface area contributed by atoms with Crippen LogP contribution in [0.25, 0.3) is 11.0 Å². The fourth-order valence-electron chi connectivity index (χ4n) is 2.97. The number of amides is 1. The van der Waals surface area contributed by atoms with Crippen molar-refractivity contribution in [1.29, 1.82) is 0 Å². The van der Waals surface area contributed by atoms with Crippen molar-refractivity contribution in [2.75, 3.05) is 25.0 Å². The van der Waals surface area contributed by atoms with Gasteiger partial charge in [0, 0.05) is 31.7 Å². The Hall–Kier alpha value is -3.43. The molecule has 0 aliphatic carbocycles. The van der Waals surface area contributed by atoms with Crippen LogP contribution in [0.1, 0.15) is 13.3 Å². The zero-order chi connectivity index (χ0) is 20.8. The smallest absolute Gasteiger partial charge is 0.246 e. The third kappa shape index (κ3) is 4.71. The van der Waals surface area contributed by atoms with Gasteiger partial charge in [0.2, 0.25) is 17.7 Å². The highest BCUT2D eigenvalue weighted by molar-refractivity contribution is 5.87. The van der Waals surface area contributed by atoms with Crippen LogP contribution in [-0.4, -0.2) is 63.9 Å². The first-order valence-corrected chi connectivity index (χ1v) is 9.31. The van der Waals surface area contributed by atoms with Gasteiger partial charge >= 0.3 is 0 Å². The summed E-state index contributed by atoms with van der Waals surface area (Å²) in [6.45, 7) is 6.42. The Balaban J connectivity index is 1.86. The average molecular weight is 401 g/mol. The molecular weight excluding hydrogens is 377 g/mol. The fraction of sp³-hybridized carbons (Fsp3) is 0.368. The molecule has 0 bridgehead atoms. The Morgan fingerprint density at radius 1 is 1.59 bits per heavy atom. The number of piperidine rings is 1. The Labute approximate surface area is 167 Å². The van der Waals surface area contributed by atoms with Gasteiger partial charge in [-0.05, 0) is 25.5 Å². The molecule has 29 heavy (non-hydrogen) atoms. The van der Waals surface area contributed by atoms with Crippen LogP contribution in [0.5, 0.6) is 5.88 Å². The largest absolute Gasteiger partial charge is 0.469 e. The standard InChI is InChI=1S/C19H24FN7O2/c1-3-16(28)27-8-6-14(20)15(11-27)29-18-13-5-7-23-17(13)25-19(26-18)24-12(9-21)10-22-4-2/h3,5,7,9-10,14-15H,1,4,6,8,11,21H2,2H3,(H2,23,24,25,26)/t14-,15+/m0/s1. The minimum absolute atomic E-state index is 0.113. The highest BCUT2D eigenvalue weighted by Crippen LogP contribution is 2.27. The molecule has 2 atom stereocenters. The van der Waals surface area contributed by atoms with E-state index in [2.05, 4.69) is 31.8 Å². The summed E-state index contributed by atoms with van der Waals surface area (Å²) in [4.78, 5) is 29.3. The van der Waals surface area contributed by atoms with E-state index in [9.17, 15) is 9.18 Å². The van der Waals surface area contributed by atoms with E-state index in [1.54, 1.807) is 18.5 Å². The van der Waals surface area contributed by atoms with Gasteiger partial charge in [0.15, 0.2) is 0 Å². The van der Waals surface area contributed by atoms with E-state index in [1.165, 1.54) is 17.2 Å². The van der Waals surface area contributed by atoms with E-state index in [0.717, 1.165) is 0 Å². The summed E-state index contributed by atoms with van der Waals surface area (Å²) in [6, 6.07) is 1.75. The van der Waals surface area contributed by atoms with Crippen molar-refractivity contribution < 1.29 is 13.9 Å². The van der Waals surface area contributed by atoms with E-state index in [-0.39, 0.29) is 30.7 Å². The van der Waals surface area contributed by atoms with Crippen LogP contribution in [0.4, 0.5) is 10.3 Å². The number of allylic oxidation sites excluding steroid dienone is 1. The van der Waals surface area contributed by atoms with Gasteiger partial charge in [-0.3, -0.25) is 9.79 Å². The van der Waals surface area contributed by atoms with E-state index < -0.39 is 12.3 Å². The second-order valence-electron chi connectivity index (χ2n) is 6.42. The summed E-state index contributed by atoms with van der Waals surface area (Å²) in [5, 5.41) is 3.57. The molecule has 0 saturated carbocycles. The third-order valence-corrected chi connectivity index (χ3v) is 4.46. The SMILES string of the molecule is C=CC(=O)N1CC[C@H](F)[C@H](Oc2nc(NC(C=NCC)=CN)nc3[nH]ccc23)C1. The predicted molar refractivity (Wildman–Crippen MR) is 110 cm³/mol. The minimum Gasteiger partial charge on any atom is -0.469 e. The highest BCUT2D eigenvalue weighted by Gasteiger charge is 2.33. The number of rotatable bonds is 7. The van der Waals surface area contributed by atoms with Crippen LogP contribution >= 0.6 is 0 Å². The molecule has 1 aliphatic heterocycles. The molecule has 1 saturated heterocycles. The zero-order valence-corrected chi connectivity index (χ0v) is 16.1. The van der Waals surface area contributed by atoms with E-state index in [0.29, 0.717) is 29.8 Å². The Morgan fingerprint density at radius 3 is 3.14 bits per heavy atom. The van der Waals surface area contributed by atoms with E-state index >= 15 is 0 Å². The highest BCUT2D eigenvalue weighted by atomic mass is 19.1. The van der Waals surface area contributed by atoms with Crippen molar-refractivity contribution in [3.63, 3.8) is 0 Å². The minimum atomic E-state index is -1.22. The summed E-state index contributed by atoms with van der Waals surface area (Å²) in [7, 11) is 0. The molecule has 1 amide bonds. The first kappa shape index (κ1) is 20.3. The maximum atomic E-state index is 14.5. The van der Waals surface area contributed by atoms with Crippen molar-refractivity contribution in [2.24, 2.45) is 10.7 Å². The van der Waals surface area contributed by atoms with Gasteiger partial charge in [0.25, 0.3) is 0 Å². The topological polar surface area (TPSA) is 122 Å². The number of alkyl halides is 1. The number of halogens is 1. The lowest BCUT2D eigenvalue weighted by Gasteiger charge is -2.34. The summed E-state index contributed by atoms with van der Waals surface area (Å²) < 4.78 is 20.4. The van der Waals surface area contributed by atoms with Gasteiger partial charge in [-0.1, -0.05) is 6.58 Å². The lowest BCUT2D eigenvalue weighted by Crippen LogP contribution is -2.49. The summed E-state index contributed by atoms with van der Waals surface area (Å²) in [6.07, 6.45) is 3.94. The van der Waals surface area contributed by atoms with Crippen molar-refractivity contribution in [3.05, 3.63) is 36.8 Å². The molecule has 3 heterocycles. The van der Waals surface area contributed by atoms with Crippen molar-refractivity contribution in [3.8, 4) is 5.88 Å². The molecule has 2 aromatic heterocycles. The average Bonchev–Trinajstić information content (AvgIpc) is 3.21. The molecule has 0 unspecified atom stereocenters. The number of hydrogen-bond acceptors (Lipinski definition) is 7. The van der Waals surface area contributed by atoms with Crippen LogP contribution in [0, 0.1) is 0 Å². The number of nitrogens with two attached hydrogens (primary N) is 1. The number of nitrogens with zero attached hydrogens (tertiary/aromatic N) is 4. The number of aliphatic imine (C=N–C) groups is 1. The van der Waals surface area contributed by atoms with Crippen molar-refractivity contribution >= 4 is 29.1 Å². The number of carbonyl (C=O) groups is 1. The van der Waals surface area contributed by atoms with Gasteiger partial charge in [-0.15, -0.1) is 0 Å².